The number of alkyl halides is 2. The van der Waals surface area contributed by atoms with E-state index >= 15 is 0 Å². The maximum atomic E-state index is 11.2. The molecule has 0 aliphatic heterocycles. The topological polar surface area (TPSA) is 52.6 Å². The van der Waals surface area contributed by atoms with Gasteiger partial charge in [-0.15, -0.1) is 0 Å². The molecule has 6 heteroatoms. The lowest BCUT2D eigenvalue weighted by atomic mass is 10.2. The summed E-state index contributed by atoms with van der Waals surface area (Å²) in [4.78, 5) is 22.2. The molecule has 0 atom stereocenters. The van der Waals surface area contributed by atoms with Crippen LogP contribution in [0.4, 0.5) is 0 Å². The Morgan fingerprint density at radius 2 is 1.60 bits per heavy atom. The molecule has 0 fully saturated rings. The van der Waals surface area contributed by atoms with Gasteiger partial charge in [0.05, 0.1) is 6.42 Å². The first-order valence-corrected chi connectivity index (χ1v) is 6.48. The molecule has 15 heavy (non-hydrogen) atoms. The van der Waals surface area contributed by atoms with E-state index in [9.17, 15) is 9.59 Å². The van der Waals surface area contributed by atoms with E-state index in [0.29, 0.717) is 10.7 Å². The highest BCUT2D eigenvalue weighted by Crippen LogP contribution is 2.03. The molecule has 0 rings (SSSR count). The van der Waals surface area contributed by atoms with Gasteiger partial charge in [-0.1, -0.05) is 38.4 Å². The molecule has 0 aromatic rings. The monoisotopic (exact) mass is 342 g/mol. The number of ether oxygens (including phenoxy) is 2. The summed E-state index contributed by atoms with van der Waals surface area (Å²) in [6, 6.07) is 0. The number of halogens is 2. The predicted octanol–water partition coefficient (Wildman–Crippen LogP) is 1.81. The number of carbonyl (C=O) groups excluding carboxylic acids is 2. The van der Waals surface area contributed by atoms with Crippen LogP contribution in [0, 0.1) is 0 Å². The van der Waals surface area contributed by atoms with E-state index in [2.05, 4.69) is 38.4 Å². The van der Waals surface area contributed by atoms with Crippen LogP contribution in [0.2, 0.25) is 0 Å². The predicted molar refractivity (Wildman–Crippen MR) is 63.3 cm³/mol. The second-order valence-electron chi connectivity index (χ2n) is 2.51. The molecule has 0 aliphatic carbocycles. The smallest absolute Gasteiger partial charge is 0.334 e. The van der Waals surface area contributed by atoms with Crippen molar-refractivity contribution in [3.8, 4) is 0 Å². The normalized spacial score (nSPS) is 9.47. The van der Waals surface area contributed by atoms with Crippen molar-refractivity contribution < 1.29 is 19.1 Å². The lowest BCUT2D eigenvalue weighted by Crippen LogP contribution is -2.14. The summed E-state index contributed by atoms with van der Waals surface area (Å²) in [5.74, 6) is -1.04. The number of hydrogen-bond donors (Lipinski definition) is 0. The molecular formula is C9H12Br2O4. The Hall–Kier alpha value is -0.360. The van der Waals surface area contributed by atoms with E-state index in [1.54, 1.807) is 0 Å². The molecule has 0 spiro atoms. The molecule has 0 saturated carbocycles. The fourth-order valence-corrected chi connectivity index (χ4v) is 1.01. The lowest BCUT2D eigenvalue weighted by molar-refractivity contribution is -0.145. The first-order chi connectivity index (χ1) is 7.11. The van der Waals surface area contributed by atoms with Crippen molar-refractivity contribution in [2.24, 2.45) is 0 Å². The first-order valence-electron chi connectivity index (χ1n) is 4.24. The molecular weight excluding hydrogens is 332 g/mol. The van der Waals surface area contributed by atoms with Crippen LogP contribution >= 0.6 is 31.9 Å². The minimum atomic E-state index is -0.565. The molecule has 86 valence electrons. The van der Waals surface area contributed by atoms with Gasteiger partial charge in [-0.2, -0.15) is 0 Å². The minimum Gasteiger partial charge on any atom is -0.465 e. The molecule has 0 aromatic heterocycles. The molecule has 0 radical (unpaired) electrons. The van der Waals surface area contributed by atoms with Gasteiger partial charge in [-0.05, 0) is 0 Å². The van der Waals surface area contributed by atoms with E-state index in [4.69, 9.17) is 9.47 Å². The first kappa shape index (κ1) is 14.6. The van der Waals surface area contributed by atoms with Crippen LogP contribution in [0.15, 0.2) is 12.2 Å². The van der Waals surface area contributed by atoms with Crippen molar-refractivity contribution in [3.63, 3.8) is 0 Å². The summed E-state index contributed by atoms with van der Waals surface area (Å²) in [6.45, 7) is 3.99. The average molecular weight is 344 g/mol. The van der Waals surface area contributed by atoms with Gasteiger partial charge in [0.2, 0.25) is 0 Å². The molecule has 0 amide bonds. The fourth-order valence-electron chi connectivity index (χ4n) is 0.683. The molecule has 0 aliphatic rings. The average Bonchev–Trinajstić information content (AvgIpc) is 2.22. The molecule has 0 heterocycles. The SMILES string of the molecule is C=C(CC(=O)OCCBr)C(=O)OCCBr. The summed E-state index contributed by atoms with van der Waals surface area (Å²) in [6.07, 6.45) is -0.131. The second-order valence-corrected chi connectivity index (χ2v) is 4.10. The van der Waals surface area contributed by atoms with Crippen molar-refractivity contribution in [1.29, 1.82) is 0 Å². The van der Waals surface area contributed by atoms with Crippen molar-refractivity contribution in [2.45, 2.75) is 6.42 Å². The summed E-state index contributed by atoms with van der Waals surface area (Å²) in [5, 5.41) is 1.12. The van der Waals surface area contributed by atoms with Gasteiger partial charge < -0.3 is 9.47 Å². The minimum absolute atomic E-state index is 0.107. The zero-order chi connectivity index (χ0) is 11.7. The van der Waals surface area contributed by atoms with Crippen LogP contribution in [0.1, 0.15) is 6.42 Å². The zero-order valence-electron chi connectivity index (χ0n) is 8.13. The van der Waals surface area contributed by atoms with Crippen LogP contribution in [0.3, 0.4) is 0 Å². The van der Waals surface area contributed by atoms with Crippen LogP contribution in [-0.4, -0.2) is 35.8 Å². The summed E-state index contributed by atoms with van der Waals surface area (Å²) in [5.41, 5.74) is 0.107. The lowest BCUT2D eigenvalue weighted by Gasteiger charge is -2.05. The Morgan fingerprint density at radius 3 is 2.13 bits per heavy atom. The Bertz CT molecular complexity index is 240. The number of rotatable bonds is 7. The Morgan fingerprint density at radius 1 is 1.07 bits per heavy atom. The highest BCUT2D eigenvalue weighted by molar-refractivity contribution is 9.09. The van der Waals surface area contributed by atoms with Gasteiger partial charge in [-0.3, -0.25) is 4.79 Å². The van der Waals surface area contributed by atoms with Gasteiger partial charge in [-0.25, -0.2) is 4.79 Å². The number of hydrogen-bond acceptors (Lipinski definition) is 4. The molecule has 0 bridgehead atoms. The third-order valence-corrected chi connectivity index (χ3v) is 1.94. The second kappa shape index (κ2) is 8.91. The number of esters is 2. The van der Waals surface area contributed by atoms with E-state index in [1.165, 1.54) is 0 Å². The van der Waals surface area contributed by atoms with E-state index in [-0.39, 0.29) is 25.2 Å². The van der Waals surface area contributed by atoms with Gasteiger partial charge in [0.1, 0.15) is 13.2 Å². The molecule has 4 nitrogen and oxygen atoms in total. The van der Waals surface area contributed by atoms with Crippen molar-refractivity contribution >= 4 is 43.8 Å². The van der Waals surface area contributed by atoms with Crippen molar-refractivity contribution in [1.82, 2.24) is 0 Å². The van der Waals surface area contributed by atoms with Crippen molar-refractivity contribution in [2.75, 3.05) is 23.9 Å². The van der Waals surface area contributed by atoms with Crippen LogP contribution in [0.25, 0.3) is 0 Å². The molecule has 0 saturated heterocycles. The Labute approximate surface area is 105 Å². The third-order valence-electron chi connectivity index (χ3n) is 1.30. The van der Waals surface area contributed by atoms with E-state index in [1.807, 2.05) is 0 Å². The maximum absolute atomic E-state index is 11.2. The van der Waals surface area contributed by atoms with Crippen LogP contribution in [-0.2, 0) is 19.1 Å². The standard InChI is InChI=1S/C9H12Br2O4/c1-7(9(13)15-5-3-11)6-8(12)14-4-2-10/h1-6H2. The van der Waals surface area contributed by atoms with E-state index < -0.39 is 11.9 Å². The fraction of sp³-hybridized carbons (Fsp3) is 0.556. The van der Waals surface area contributed by atoms with Gasteiger partial charge in [0, 0.05) is 16.2 Å². The Balaban J connectivity index is 3.80. The highest BCUT2D eigenvalue weighted by Gasteiger charge is 2.13. The van der Waals surface area contributed by atoms with Crippen LogP contribution < -0.4 is 0 Å². The highest BCUT2D eigenvalue weighted by atomic mass is 79.9. The van der Waals surface area contributed by atoms with Gasteiger partial charge in [0.25, 0.3) is 0 Å². The molecule has 0 N–H and O–H groups in total. The Kier molecular flexibility index (Phi) is 8.70. The third kappa shape index (κ3) is 7.56. The quantitative estimate of drug-likeness (QED) is 0.402. The van der Waals surface area contributed by atoms with Crippen molar-refractivity contribution in [3.05, 3.63) is 12.2 Å². The summed E-state index contributed by atoms with van der Waals surface area (Å²) in [7, 11) is 0. The largest absolute Gasteiger partial charge is 0.465 e. The number of carbonyl (C=O) groups is 2. The van der Waals surface area contributed by atoms with Gasteiger partial charge >= 0.3 is 11.9 Å². The summed E-state index contributed by atoms with van der Waals surface area (Å²) >= 11 is 6.22. The maximum Gasteiger partial charge on any atom is 0.334 e. The molecule has 0 unspecified atom stereocenters. The summed E-state index contributed by atoms with van der Waals surface area (Å²) < 4.78 is 9.51. The van der Waals surface area contributed by atoms with E-state index in [0.717, 1.165) is 0 Å². The van der Waals surface area contributed by atoms with Gasteiger partial charge in [0.15, 0.2) is 0 Å². The zero-order valence-corrected chi connectivity index (χ0v) is 11.3. The van der Waals surface area contributed by atoms with Crippen LogP contribution in [0.5, 0.6) is 0 Å². The molecule has 0 aromatic carbocycles.